The molecule has 20 heavy (non-hydrogen) atoms. The van der Waals surface area contributed by atoms with Crippen LogP contribution in [-0.4, -0.2) is 40.3 Å². The van der Waals surface area contributed by atoms with Crippen molar-refractivity contribution in [2.45, 2.75) is 6.54 Å². The van der Waals surface area contributed by atoms with Crippen molar-refractivity contribution in [1.82, 2.24) is 19.7 Å². The van der Waals surface area contributed by atoms with Gasteiger partial charge in [0.2, 0.25) is 0 Å². The van der Waals surface area contributed by atoms with Crippen LogP contribution in [0.1, 0.15) is 0 Å². The van der Waals surface area contributed by atoms with E-state index in [0.717, 1.165) is 35.2 Å². The lowest BCUT2D eigenvalue weighted by Gasteiger charge is -2.09. The van der Waals surface area contributed by atoms with Crippen molar-refractivity contribution in [1.29, 1.82) is 0 Å². The molecule has 0 fully saturated rings. The molecule has 0 aliphatic rings. The second kappa shape index (κ2) is 5.43. The molecule has 3 rings (SSSR count). The van der Waals surface area contributed by atoms with E-state index in [9.17, 15) is 0 Å². The summed E-state index contributed by atoms with van der Waals surface area (Å²) < 4.78 is 2.07. The number of aromatic nitrogens is 3. The Hall–Kier alpha value is -2.20. The average molecular weight is 266 g/mol. The molecule has 0 saturated carbocycles. The molecular weight excluding hydrogens is 248 g/mol. The van der Waals surface area contributed by atoms with Crippen molar-refractivity contribution >= 4 is 10.9 Å². The molecule has 2 heterocycles. The van der Waals surface area contributed by atoms with Gasteiger partial charge in [-0.1, -0.05) is 30.3 Å². The highest BCUT2D eigenvalue weighted by Crippen LogP contribution is 2.26. The fourth-order valence-corrected chi connectivity index (χ4v) is 2.30. The second-order valence-electron chi connectivity index (χ2n) is 5.13. The topological polar surface area (TPSA) is 34.0 Å². The van der Waals surface area contributed by atoms with Gasteiger partial charge in [0.15, 0.2) is 0 Å². The molecule has 4 heteroatoms. The Bertz CT molecular complexity index is 701. The molecule has 2 aromatic heterocycles. The Morgan fingerprint density at radius 2 is 1.90 bits per heavy atom. The summed E-state index contributed by atoms with van der Waals surface area (Å²) >= 11 is 0. The highest BCUT2D eigenvalue weighted by atomic mass is 15.3. The van der Waals surface area contributed by atoms with Gasteiger partial charge in [-0.2, -0.15) is 5.10 Å². The maximum Gasteiger partial charge on any atom is 0.102 e. The van der Waals surface area contributed by atoms with Crippen LogP contribution < -0.4 is 0 Å². The van der Waals surface area contributed by atoms with Crippen LogP contribution in [0.3, 0.4) is 0 Å². The number of pyridine rings is 1. The first-order valence-corrected chi connectivity index (χ1v) is 6.76. The summed E-state index contributed by atoms with van der Waals surface area (Å²) in [5.74, 6) is 0. The highest BCUT2D eigenvalue weighted by Gasteiger charge is 2.11. The molecule has 1 aromatic carbocycles. The Morgan fingerprint density at radius 1 is 1.10 bits per heavy atom. The molecule has 4 nitrogen and oxygen atoms in total. The van der Waals surface area contributed by atoms with Gasteiger partial charge < -0.3 is 4.90 Å². The van der Waals surface area contributed by atoms with Crippen molar-refractivity contribution in [3.8, 4) is 11.3 Å². The van der Waals surface area contributed by atoms with E-state index in [0.29, 0.717) is 0 Å². The summed E-state index contributed by atoms with van der Waals surface area (Å²) in [6, 6.07) is 12.3. The highest BCUT2D eigenvalue weighted by molar-refractivity contribution is 5.92. The van der Waals surface area contributed by atoms with Gasteiger partial charge in [0.1, 0.15) is 5.69 Å². The van der Waals surface area contributed by atoms with E-state index in [-0.39, 0.29) is 0 Å². The summed E-state index contributed by atoms with van der Waals surface area (Å²) in [6.45, 7) is 1.84. The number of benzene rings is 1. The SMILES string of the molecule is CN(C)CCn1nc(-c2ccccc2)c2cnccc21. The maximum atomic E-state index is 4.78. The molecule has 0 unspecified atom stereocenters. The number of hydrogen-bond donors (Lipinski definition) is 0. The van der Waals surface area contributed by atoms with E-state index < -0.39 is 0 Å². The predicted molar refractivity (Wildman–Crippen MR) is 81.5 cm³/mol. The lowest BCUT2D eigenvalue weighted by molar-refractivity contribution is 0.377. The molecule has 0 N–H and O–H groups in total. The normalized spacial score (nSPS) is 11.3. The summed E-state index contributed by atoms with van der Waals surface area (Å²) in [5.41, 5.74) is 3.28. The van der Waals surface area contributed by atoms with Gasteiger partial charge in [-0.15, -0.1) is 0 Å². The summed E-state index contributed by atoms with van der Waals surface area (Å²) in [4.78, 5) is 6.41. The van der Waals surface area contributed by atoms with E-state index in [4.69, 9.17) is 5.10 Å². The Kier molecular flexibility index (Phi) is 3.48. The molecule has 0 atom stereocenters. The molecule has 0 aliphatic heterocycles. The minimum atomic E-state index is 0.875. The van der Waals surface area contributed by atoms with Gasteiger partial charge in [0.25, 0.3) is 0 Å². The zero-order valence-electron chi connectivity index (χ0n) is 11.8. The molecule has 0 radical (unpaired) electrons. The smallest absolute Gasteiger partial charge is 0.102 e. The summed E-state index contributed by atoms with van der Waals surface area (Å²) in [6.07, 6.45) is 3.72. The van der Waals surface area contributed by atoms with E-state index in [1.165, 1.54) is 0 Å². The van der Waals surface area contributed by atoms with E-state index in [1.54, 1.807) is 0 Å². The average Bonchev–Trinajstić information content (AvgIpc) is 2.85. The van der Waals surface area contributed by atoms with E-state index in [1.807, 2.05) is 36.7 Å². The van der Waals surface area contributed by atoms with Crippen molar-refractivity contribution in [3.63, 3.8) is 0 Å². The molecule has 102 valence electrons. The number of fused-ring (bicyclic) bond motifs is 1. The van der Waals surface area contributed by atoms with Gasteiger partial charge in [-0.3, -0.25) is 9.67 Å². The van der Waals surface area contributed by atoms with Crippen LogP contribution in [0.4, 0.5) is 0 Å². The van der Waals surface area contributed by atoms with E-state index in [2.05, 4.69) is 40.8 Å². The third kappa shape index (κ3) is 2.42. The van der Waals surface area contributed by atoms with Crippen LogP contribution in [0.25, 0.3) is 22.2 Å². The largest absolute Gasteiger partial charge is 0.308 e. The van der Waals surface area contributed by atoms with Gasteiger partial charge in [-0.25, -0.2) is 0 Å². The van der Waals surface area contributed by atoms with Gasteiger partial charge in [-0.05, 0) is 20.2 Å². The number of nitrogens with zero attached hydrogens (tertiary/aromatic N) is 4. The lowest BCUT2D eigenvalue weighted by Crippen LogP contribution is -2.18. The first-order valence-electron chi connectivity index (χ1n) is 6.76. The molecule has 0 aliphatic carbocycles. The lowest BCUT2D eigenvalue weighted by atomic mass is 10.1. The fraction of sp³-hybridized carbons (Fsp3) is 0.250. The first-order chi connectivity index (χ1) is 9.75. The number of likely N-dealkylation sites (N-methyl/N-ethyl adjacent to an activating group) is 1. The van der Waals surface area contributed by atoms with Crippen LogP contribution in [0, 0.1) is 0 Å². The van der Waals surface area contributed by atoms with Gasteiger partial charge in [0, 0.05) is 29.9 Å². The van der Waals surface area contributed by atoms with E-state index >= 15 is 0 Å². The van der Waals surface area contributed by atoms with Crippen molar-refractivity contribution in [2.75, 3.05) is 20.6 Å². The molecule has 0 amide bonds. The van der Waals surface area contributed by atoms with Crippen LogP contribution in [0.5, 0.6) is 0 Å². The first kappa shape index (κ1) is 12.8. The Morgan fingerprint density at radius 3 is 2.65 bits per heavy atom. The van der Waals surface area contributed by atoms with Gasteiger partial charge in [0.05, 0.1) is 12.1 Å². The quantitative estimate of drug-likeness (QED) is 0.728. The van der Waals surface area contributed by atoms with Gasteiger partial charge >= 0.3 is 0 Å². The maximum absolute atomic E-state index is 4.78. The summed E-state index contributed by atoms with van der Waals surface area (Å²) in [7, 11) is 4.15. The number of rotatable bonds is 4. The molecule has 0 saturated heterocycles. The van der Waals surface area contributed by atoms with Crippen LogP contribution in [0.15, 0.2) is 48.8 Å². The monoisotopic (exact) mass is 266 g/mol. The molecule has 0 spiro atoms. The number of hydrogen-bond acceptors (Lipinski definition) is 3. The van der Waals surface area contributed by atoms with Crippen LogP contribution in [0.2, 0.25) is 0 Å². The van der Waals surface area contributed by atoms with Crippen LogP contribution in [-0.2, 0) is 6.54 Å². The molecular formula is C16H18N4. The second-order valence-corrected chi connectivity index (χ2v) is 5.13. The molecule has 3 aromatic rings. The zero-order chi connectivity index (χ0) is 13.9. The van der Waals surface area contributed by atoms with Crippen molar-refractivity contribution in [2.24, 2.45) is 0 Å². The summed E-state index contributed by atoms with van der Waals surface area (Å²) in [5, 5.41) is 5.89. The van der Waals surface area contributed by atoms with Crippen molar-refractivity contribution < 1.29 is 0 Å². The zero-order valence-corrected chi connectivity index (χ0v) is 11.8. The fourth-order valence-electron chi connectivity index (χ4n) is 2.30. The standard InChI is InChI=1S/C16H18N4/c1-19(2)10-11-20-15-8-9-17-12-14(15)16(18-20)13-6-4-3-5-7-13/h3-9,12H,10-11H2,1-2H3. The third-order valence-electron chi connectivity index (χ3n) is 3.36. The minimum absolute atomic E-state index is 0.875. The minimum Gasteiger partial charge on any atom is -0.308 e. The van der Waals surface area contributed by atoms with Crippen molar-refractivity contribution in [3.05, 3.63) is 48.8 Å². The Labute approximate surface area is 118 Å². The predicted octanol–water partition coefficient (Wildman–Crippen LogP) is 2.66. The molecule has 0 bridgehead atoms. The van der Waals surface area contributed by atoms with Crippen LogP contribution >= 0.6 is 0 Å². The Balaban J connectivity index is 2.09. The third-order valence-corrected chi connectivity index (χ3v) is 3.36.